The molecule has 0 radical (unpaired) electrons. The van der Waals surface area contributed by atoms with Crippen molar-refractivity contribution < 1.29 is 14.3 Å². The highest BCUT2D eigenvalue weighted by Gasteiger charge is 2.47. The second kappa shape index (κ2) is 5.56. The number of benzene rings is 1. The molecule has 2 aliphatic rings. The number of carbonyl (C=O) groups excluding carboxylic acids is 1. The molecule has 2 saturated carbocycles. The van der Waals surface area contributed by atoms with Crippen LogP contribution >= 0.6 is 0 Å². The van der Waals surface area contributed by atoms with Gasteiger partial charge in [0.1, 0.15) is 23.1 Å². The molecule has 3 N–H and O–H groups in total. The van der Waals surface area contributed by atoms with E-state index in [1.807, 2.05) is 24.3 Å². The van der Waals surface area contributed by atoms with Gasteiger partial charge in [0, 0.05) is 18.5 Å². The zero-order valence-electron chi connectivity index (χ0n) is 12.3. The van der Waals surface area contributed by atoms with Crippen LogP contribution in [0.3, 0.4) is 0 Å². The Morgan fingerprint density at radius 2 is 2.10 bits per heavy atom. The van der Waals surface area contributed by atoms with Gasteiger partial charge in [-0.25, -0.2) is 0 Å². The average molecular weight is 290 g/mol. The van der Waals surface area contributed by atoms with E-state index >= 15 is 0 Å². The van der Waals surface area contributed by atoms with Gasteiger partial charge in [-0.15, -0.1) is 0 Å². The Labute approximate surface area is 124 Å². The fourth-order valence-corrected chi connectivity index (χ4v) is 3.01. The highest BCUT2D eigenvalue weighted by molar-refractivity contribution is 5.85. The van der Waals surface area contributed by atoms with E-state index in [0.29, 0.717) is 12.5 Å². The molecule has 5 heteroatoms. The lowest BCUT2D eigenvalue weighted by molar-refractivity contribution is -0.124. The first-order valence-electron chi connectivity index (χ1n) is 7.50. The molecule has 2 unspecified atom stereocenters. The van der Waals surface area contributed by atoms with Gasteiger partial charge in [-0.1, -0.05) is 6.07 Å². The third kappa shape index (κ3) is 3.13. The molecule has 1 aromatic rings. The van der Waals surface area contributed by atoms with E-state index in [4.69, 9.17) is 15.2 Å². The van der Waals surface area contributed by atoms with Gasteiger partial charge in [0.25, 0.3) is 0 Å². The molecule has 3 rings (SSSR count). The number of ether oxygens (including phenoxy) is 2. The molecule has 2 atom stereocenters. The second-order valence-corrected chi connectivity index (χ2v) is 6.03. The molecule has 1 aromatic carbocycles. The van der Waals surface area contributed by atoms with Crippen molar-refractivity contribution in [1.29, 1.82) is 0 Å². The maximum atomic E-state index is 11.9. The monoisotopic (exact) mass is 290 g/mol. The van der Waals surface area contributed by atoms with Crippen LogP contribution in [0.2, 0.25) is 0 Å². The largest absolute Gasteiger partial charge is 0.497 e. The summed E-state index contributed by atoms with van der Waals surface area (Å²) in [6.07, 6.45) is 4.49. The number of nitrogens with one attached hydrogen (secondary N) is 1. The predicted molar refractivity (Wildman–Crippen MR) is 79.3 cm³/mol. The molecule has 0 bridgehead atoms. The van der Waals surface area contributed by atoms with E-state index in [-0.39, 0.29) is 12.0 Å². The van der Waals surface area contributed by atoms with Gasteiger partial charge in [0.2, 0.25) is 5.91 Å². The quantitative estimate of drug-likeness (QED) is 0.834. The Bertz CT molecular complexity index is 530. The van der Waals surface area contributed by atoms with Crippen molar-refractivity contribution in [3.8, 4) is 11.5 Å². The molecule has 0 aromatic heterocycles. The van der Waals surface area contributed by atoms with E-state index in [1.165, 1.54) is 0 Å². The van der Waals surface area contributed by atoms with Crippen LogP contribution in [0.15, 0.2) is 24.3 Å². The number of hydrogen-bond donors (Lipinski definition) is 2. The third-order valence-corrected chi connectivity index (χ3v) is 4.34. The Morgan fingerprint density at radius 1 is 1.33 bits per heavy atom. The summed E-state index contributed by atoms with van der Waals surface area (Å²) >= 11 is 0. The molecule has 2 fully saturated rings. The fourth-order valence-electron chi connectivity index (χ4n) is 3.01. The summed E-state index contributed by atoms with van der Waals surface area (Å²) in [5.41, 5.74) is 5.04. The lowest BCUT2D eigenvalue weighted by Gasteiger charge is -2.27. The van der Waals surface area contributed by atoms with Gasteiger partial charge in [0.05, 0.1) is 7.11 Å². The summed E-state index contributed by atoms with van der Waals surface area (Å²) in [5, 5.41) is 3.42. The molecule has 114 valence electrons. The number of carbonyl (C=O) groups is 1. The van der Waals surface area contributed by atoms with Crippen LogP contribution in [0.25, 0.3) is 0 Å². The van der Waals surface area contributed by atoms with Crippen molar-refractivity contribution in [3.63, 3.8) is 0 Å². The fraction of sp³-hybridized carbons (Fsp3) is 0.562. The Morgan fingerprint density at radius 3 is 2.76 bits per heavy atom. The topological polar surface area (TPSA) is 73.6 Å². The number of amides is 1. The molecule has 21 heavy (non-hydrogen) atoms. The summed E-state index contributed by atoms with van der Waals surface area (Å²) in [7, 11) is 1.63. The van der Waals surface area contributed by atoms with Crippen molar-refractivity contribution in [2.45, 2.75) is 49.8 Å². The van der Waals surface area contributed by atoms with E-state index in [2.05, 4.69) is 5.32 Å². The van der Waals surface area contributed by atoms with E-state index < -0.39 is 5.54 Å². The first kappa shape index (κ1) is 14.2. The minimum atomic E-state index is -0.593. The molecule has 5 nitrogen and oxygen atoms in total. The number of nitrogens with two attached hydrogens (primary N) is 1. The first-order chi connectivity index (χ1) is 10.1. The normalized spacial score (nSPS) is 28.3. The molecule has 0 heterocycles. The predicted octanol–water partition coefficient (Wildman–Crippen LogP) is 1.60. The van der Waals surface area contributed by atoms with Gasteiger partial charge < -0.3 is 20.5 Å². The number of rotatable bonds is 6. The summed E-state index contributed by atoms with van der Waals surface area (Å²) in [4.78, 5) is 11.9. The maximum Gasteiger partial charge on any atom is 0.237 e. The minimum Gasteiger partial charge on any atom is -0.497 e. The molecule has 0 saturated heterocycles. The maximum absolute atomic E-state index is 11.9. The summed E-state index contributed by atoms with van der Waals surface area (Å²) < 4.78 is 11.2. The van der Waals surface area contributed by atoms with Crippen molar-refractivity contribution in [2.24, 2.45) is 5.73 Å². The van der Waals surface area contributed by atoms with Gasteiger partial charge in [-0.2, -0.15) is 0 Å². The summed E-state index contributed by atoms with van der Waals surface area (Å²) in [6.45, 7) is 0. The Balaban J connectivity index is 1.66. The van der Waals surface area contributed by atoms with Gasteiger partial charge in [0.15, 0.2) is 0 Å². The average Bonchev–Trinajstić information content (AvgIpc) is 3.19. The highest BCUT2D eigenvalue weighted by Crippen LogP contribution is 2.36. The van der Waals surface area contributed by atoms with Gasteiger partial charge in [-0.05, 0) is 37.8 Å². The van der Waals surface area contributed by atoms with Crippen LogP contribution < -0.4 is 20.5 Å². The minimum absolute atomic E-state index is 0.0101. The first-order valence-corrected chi connectivity index (χ1v) is 7.50. The van der Waals surface area contributed by atoms with Crippen LogP contribution in [0.5, 0.6) is 11.5 Å². The Hall–Kier alpha value is -1.75. The number of hydrogen-bond acceptors (Lipinski definition) is 4. The SMILES string of the molecule is COc1cccc(OC2CCC(NC3CC3)(C(N)=O)C2)c1. The zero-order valence-corrected chi connectivity index (χ0v) is 12.3. The van der Waals surface area contributed by atoms with Crippen LogP contribution in [-0.4, -0.2) is 30.7 Å². The van der Waals surface area contributed by atoms with E-state index in [9.17, 15) is 4.79 Å². The van der Waals surface area contributed by atoms with E-state index in [0.717, 1.165) is 37.2 Å². The second-order valence-electron chi connectivity index (χ2n) is 6.03. The van der Waals surface area contributed by atoms with Crippen LogP contribution in [0, 0.1) is 0 Å². The Kier molecular flexibility index (Phi) is 3.76. The van der Waals surface area contributed by atoms with Gasteiger partial charge >= 0.3 is 0 Å². The van der Waals surface area contributed by atoms with Gasteiger partial charge in [-0.3, -0.25) is 4.79 Å². The molecular formula is C16H22N2O3. The van der Waals surface area contributed by atoms with Crippen LogP contribution in [0.1, 0.15) is 32.1 Å². The van der Waals surface area contributed by atoms with Crippen molar-refractivity contribution in [1.82, 2.24) is 5.32 Å². The lowest BCUT2D eigenvalue weighted by Crippen LogP contribution is -2.55. The van der Waals surface area contributed by atoms with Crippen molar-refractivity contribution in [3.05, 3.63) is 24.3 Å². The molecule has 0 aliphatic heterocycles. The highest BCUT2D eigenvalue weighted by atomic mass is 16.5. The number of primary amides is 1. The lowest BCUT2D eigenvalue weighted by atomic mass is 9.96. The molecule has 0 spiro atoms. The van der Waals surface area contributed by atoms with Crippen molar-refractivity contribution in [2.75, 3.05) is 7.11 Å². The smallest absolute Gasteiger partial charge is 0.237 e. The number of methoxy groups -OCH3 is 1. The summed E-state index contributed by atoms with van der Waals surface area (Å²) in [6, 6.07) is 7.99. The summed E-state index contributed by atoms with van der Waals surface area (Å²) in [5.74, 6) is 1.28. The van der Waals surface area contributed by atoms with Crippen molar-refractivity contribution >= 4 is 5.91 Å². The standard InChI is InChI=1S/C16H22N2O3/c1-20-12-3-2-4-13(9-12)21-14-7-8-16(10-14,15(17)19)18-11-5-6-11/h2-4,9,11,14,18H,5-8,10H2,1H3,(H2,17,19). The van der Waals surface area contributed by atoms with E-state index in [1.54, 1.807) is 7.11 Å². The zero-order chi connectivity index (χ0) is 14.9. The van der Waals surface area contributed by atoms with Crippen LogP contribution in [0.4, 0.5) is 0 Å². The van der Waals surface area contributed by atoms with Crippen LogP contribution in [-0.2, 0) is 4.79 Å². The third-order valence-electron chi connectivity index (χ3n) is 4.34. The molecule has 1 amide bonds. The molecule has 2 aliphatic carbocycles. The molecular weight excluding hydrogens is 268 g/mol.